The van der Waals surface area contributed by atoms with Crippen LogP contribution in [0, 0.1) is 0 Å². The van der Waals surface area contributed by atoms with E-state index in [4.69, 9.17) is 33.2 Å². The molecule has 0 fully saturated rings. The topological polar surface area (TPSA) is 41.0 Å². The minimum Gasteiger partial charge on any atom is -0.368 e. The van der Waals surface area contributed by atoms with Gasteiger partial charge in [0.1, 0.15) is 5.69 Å². The third-order valence-electron chi connectivity index (χ3n) is 4.55. The number of benzene rings is 1. The van der Waals surface area contributed by atoms with Crippen LogP contribution in [-0.4, -0.2) is 41.0 Å². The van der Waals surface area contributed by atoms with Gasteiger partial charge in [-0.3, -0.25) is 0 Å². The summed E-state index contributed by atoms with van der Waals surface area (Å²) in [5.41, 5.74) is 2.36. The lowest BCUT2D eigenvalue weighted by molar-refractivity contribution is 0.298. The van der Waals surface area contributed by atoms with Crippen LogP contribution < -0.4 is 5.32 Å². The summed E-state index contributed by atoms with van der Waals surface area (Å²) in [5, 5.41) is 6.51. The molecule has 0 atom stereocenters. The summed E-state index contributed by atoms with van der Waals surface area (Å²) in [6.07, 6.45) is 2.24. The Balaban J connectivity index is 1.78. The molecule has 2 aromatic heterocycles. The quantitative estimate of drug-likeness (QED) is 0.416. The van der Waals surface area contributed by atoms with Gasteiger partial charge in [-0.15, -0.1) is 11.3 Å². The molecule has 0 saturated carbocycles. The Kier molecular flexibility index (Phi) is 7.30. The zero-order valence-electron chi connectivity index (χ0n) is 15.6. The molecule has 0 saturated heterocycles. The normalized spacial score (nSPS) is 11.4. The van der Waals surface area contributed by atoms with Crippen molar-refractivity contribution < 1.29 is 0 Å². The molecule has 0 unspecified atom stereocenters. The fourth-order valence-electron chi connectivity index (χ4n) is 2.97. The minimum absolute atomic E-state index is 0.493. The van der Waals surface area contributed by atoms with Gasteiger partial charge in [-0.2, -0.15) is 0 Å². The van der Waals surface area contributed by atoms with Crippen molar-refractivity contribution in [2.45, 2.75) is 26.7 Å². The first-order valence-electron chi connectivity index (χ1n) is 9.29. The van der Waals surface area contributed by atoms with Gasteiger partial charge in [-0.1, -0.05) is 43.1 Å². The van der Waals surface area contributed by atoms with Crippen LogP contribution in [0.5, 0.6) is 0 Å². The molecule has 4 nitrogen and oxygen atoms in total. The molecule has 0 radical (unpaired) electrons. The Labute approximate surface area is 174 Å². The van der Waals surface area contributed by atoms with Gasteiger partial charge in [0.15, 0.2) is 5.82 Å². The van der Waals surface area contributed by atoms with Crippen LogP contribution >= 0.6 is 34.5 Å². The van der Waals surface area contributed by atoms with Crippen molar-refractivity contribution in [1.82, 2.24) is 14.9 Å². The first kappa shape index (κ1) is 20.3. The maximum atomic E-state index is 6.16. The number of hydrogen-bond donors (Lipinski definition) is 1. The van der Waals surface area contributed by atoms with Crippen LogP contribution in [0.25, 0.3) is 21.6 Å². The smallest absolute Gasteiger partial charge is 0.154 e. The van der Waals surface area contributed by atoms with Gasteiger partial charge in [-0.25, -0.2) is 9.97 Å². The van der Waals surface area contributed by atoms with E-state index in [2.05, 4.69) is 30.1 Å². The molecular formula is C20H24Cl2N4S. The highest BCUT2D eigenvalue weighted by Gasteiger charge is 2.13. The molecule has 0 aliphatic heterocycles. The zero-order chi connectivity index (χ0) is 19.2. The Bertz CT molecular complexity index is 879. The molecular weight excluding hydrogens is 399 g/mol. The number of fused-ring (bicyclic) bond motifs is 1. The fourth-order valence-corrected chi connectivity index (χ4v) is 4.00. The fraction of sp³-hybridized carbons (Fsp3) is 0.400. The predicted octanol–water partition coefficient (Wildman–Crippen LogP) is 6.20. The second-order valence-corrected chi connectivity index (χ2v) is 8.08. The molecule has 0 aliphatic rings. The van der Waals surface area contributed by atoms with E-state index in [0.29, 0.717) is 10.0 Å². The molecule has 7 heteroatoms. The maximum absolute atomic E-state index is 6.16. The summed E-state index contributed by atoms with van der Waals surface area (Å²) >= 11 is 14.0. The Morgan fingerprint density at radius 1 is 1.04 bits per heavy atom. The number of rotatable bonds is 9. The lowest BCUT2D eigenvalue weighted by Gasteiger charge is -2.17. The third-order valence-corrected chi connectivity index (χ3v) is 6.15. The van der Waals surface area contributed by atoms with Gasteiger partial charge in [0.2, 0.25) is 0 Å². The van der Waals surface area contributed by atoms with E-state index in [1.54, 1.807) is 23.5 Å². The van der Waals surface area contributed by atoms with Crippen molar-refractivity contribution in [2.24, 2.45) is 0 Å². The summed E-state index contributed by atoms with van der Waals surface area (Å²) in [5.74, 6) is 0.797. The number of nitrogens with zero attached hydrogens (tertiary/aromatic N) is 3. The second kappa shape index (κ2) is 9.69. The molecule has 27 heavy (non-hydrogen) atoms. The molecule has 0 aliphatic carbocycles. The van der Waals surface area contributed by atoms with Crippen LogP contribution in [-0.2, 0) is 0 Å². The Morgan fingerprint density at radius 2 is 1.74 bits per heavy atom. The lowest BCUT2D eigenvalue weighted by atomic mass is 10.2. The average Bonchev–Trinajstić information content (AvgIpc) is 3.20. The van der Waals surface area contributed by atoms with E-state index < -0.39 is 0 Å². The van der Waals surface area contributed by atoms with Gasteiger partial charge in [0.25, 0.3) is 0 Å². The number of aromatic nitrogens is 2. The largest absolute Gasteiger partial charge is 0.368 e. The number of nitrogens with one attached hydrogen (secondary N) is 1. The van der Waals surface area contributed by atoms with Crippen molar-refractivity contribution in [1.29, 1.82) is 0 Å². The highest BCUT2D eigenvalue weighted by Crippen LogP contribution is 2.33. The number of hydrogen-bond acceptors (Lipinski definition) is 5. The Morgan fingerprint density at radius 3 is 2.37 bits per heavy atom. The van der Waals surface area contributed by atoms with Crippen LogP contribution in [0.3, 0.4) is 0 Å². The van der Waals surface area contributed by atoms with Crippen molar-refractivity contribution in [3.63, 3.8) is 0 Å². The van der Waals surface area contributed by atoms with Crippen molar-refractivity contribution in [2.75, 3.05) is 31.5 Å². The molecule has 2 heterocycles. The van der Waals surface area contributed by atoms with Gasteiger partial charge >= 0.3 is 0 Å². The molecule has 0 bridgehead atoms. The van der Waals surface area contributed by atoms with Crippen molar-refractivity contribution in [3.05, 3.63) is 39.7 Å². The summed E-state index contributed by atoms with van der Waals surface area (Å²) < 4.78 is 0. The van der Waals surface area contributed by atoms with E-state index in [1.165, 1.54) is 0 Å². The minimum atomic E-state index is 0.493. The molecule has 0 amide bonds. The van der Waals surface area contributed by atoms with Crippen molar-refractivity contribution in [3.8, 4) is 10.6 Å². The van der Waals surface area contributed by atoms with E-state index in [1.807, 2.05) is 11.4 Å². The highest BCUT2D eigenvalue weighted by atomic mass is 35.5. The summed E-state index contributed by atoms with van der Waals surface area (Å²) in [7, 11) is 0. The molecule has 3 aromatic rings. The van der Waals surface area contributed by atoms with E-state index >= 15 is 0 Å². The second-order valence-electron chi connectivity index (χ2n) is 6.31. The molecule has 1 aromatic carbocycles. The molecule has 3 rings (SSSR count). The van der Waals surface area contributed by atoms with Crippen LogP contribution in [0.1, 0.15) is 26.7 Å². The van der Waals surface area contributed by atoms with E-state index in [-0.39, 0.29) is 0 Å². The highest BCUT2D eigenvalue weighted by molar-refractivity contribution is 7.13. The van der Waals surface area contributed by atoms with E-state index in [0.717, 1.165) is 66.4 Å². The predicted molar refractivity (Wildman–Crippen MR) is 118 cm³/mol. The van der Waals surface area contributed by atoms with Gasteiger partial charge < -0.3 is 10.2 Å². The number of unbranched alkanes of at least 4 members (excludes halogenated alkanes) is 1. The SMILES string of the molecule is CCN(CC)CCCCNc1nc2cc(Cl)c(Cl)cc2nc1-c1cccs1. The first-order chi connectivity index (χ1) is 13.1. The van der Waals surface area contributed by atoms with Gasteiger partial charge in [-0.05, 0) is 56.1 Å². The number of halogens is 2. The van der Waals surface area contributed by atoms with Crippen molar-refractivity contribution >= 4 is 51.4 Å². The monoisotopic (exact) mass is 422 g/mol. The number of anilines is 1. The summed E-state index contributed by atoms with van der Waals surface area (Å²) in [4.78, 5) is 13.1. The van der Waals surface area contributed by atoms with Gasteiger partial charge in [0, 0.05) is 6.54 Å². The first-order valence-corrected chi connectivity index (χ1v) is 10.9. The Hall–Kier alpha value is -1.40. The molecule has 1 N–H and O–H groups in total. The summed E-state index contributed by atoms with van der Waals surface area (Å²) in [6.45, 7) is 8.61. The van der Waals surface area contributed by atoms with Crippen LogP contribution in [0.15, 0.2) is 29.6 Å². The third kappa shape index (κ3) is 5.11. The van der Waals surface area contributed by atoms with Crippen LogP contribution in [0.2, 0.25) is 10.0 Å². The zero-order valence-corrected chi connectivity index (χ0v) is 18.0. The van der Waals surface area contributed by atoms with Gasteiger partial charge in [0.05, 0.1) is 26.0 Å². The summed E-state index contributed by atoms with van der Waals surface area (Å²) in [6, 6.07) is 7.63. The van der Waals surface area contributed by atoms with E-state index in [9.17, 15) is 0 Å². The average molecular weight is 423 g/mol. The molecule has 0 spiro atoms. The molecule has 144 valence electrons. The maximum Gasteiger partial charge on any atom is 0.154 e. The van der Waals surface area contributed by atoms with Crippen LogP contribution in [0.4, 0.5) is 5.82 Å². The number of thiophene rings is 1. The lowest BCUT2D eigenvalue weighted by Crippen LogP contribution is -2.24. The standard InChI is InChI=1S/C20H24Cl2N4S/c1-3-26(4-2)10-6-5-9-23-20-19(18-8-7-11-27-18)24-16-12-14(21)15(22)13-17(16)25-20/h7-8,11-13H,3-6,9-10H2,1-2H3,(H,23,25).